The molecule has 0 bridgehead atoms. The molecular weight excluding hydrogens is 509 g/mol. The van der Waals surface area contributed by atoms with Gasteiger partial charge in [0.15, 0.2) is 16.0 Å². The summed E-state index contributed by atoms with van der Waals surface area (Å²) < 4.78 is 20.7. The van der Waals surface area contributed by atoms with Crippen LogP contribution in [0.5, 0.6) is 0 Å². The van der Waals surface area contributed by atoms with Gasteiger partial charge in [0.1, 0.15) is 5.82 Å². The first kappa shape index (κ1) is 23.3. The molecule has 5 rings (SSSR count). The molecular formula is C24H17ClFN5O2S2. The van der Waals surface area contributed by atoms with Crippen LogP contribution in [0.4, 0.5) is 9.52 Å². The second-order valence-electron chi connectivity index (χ2n) is 7.37. The quantitative estimate of drug-likeness (QED) is 0.246. The van der Waals surface area contributed by atoms with Crippen molar-refractivity contribution < 1.29 is 13.6 Å². The van der Waals surface area contributed by atoms with E-state index in [-0.39, 0.29) is 17.5 Å². The average Bonchev–Trinajstić information content (AvgIpc) is 3.61. The number of benzene rings is 2. The maximum absolute atomic E-state index is 13.5. The largest absolute Gasteiger partial charge is 0.461 e. The summed E-state index contributed by atoms with van der Waals surface area (Å²) in [5, 5.41) is 13.0. The highest BCUT2D eigenvalue weighted by atomic mass is 35.5. The van der Waals surface area contributed by atoms with Crippen LogP contribution in [0.15, 0.2) is 82.7 Å². The number of hydrogen-bond donors (Lipinski definition) is 1. The zero-order chi connectivity index (χ0) is 24.2. The van der Waals surface area contributed by atoms with Crippen LogP contribution in [0.1, 0.15) is 10.4 Å². The minimum atomic E-state index is -0.353. The number of aromatic nitrogens is 4. The van der Waals surface area contributed by atoms with E-state index in [0.717, 1.165) is 10.4 Å². The molecule has 1 N–H and O–H groups in total. The number of hydrogen-bond acceptors (Lipinski definition) is 7. The summed E-state index contributed by atoms with van der Waals surface area (Å²) in [7, 11) is 0. The van der Waals surface area contributed by atoms with Crippen molar-refractivity contribution in [1.29, 1.82) is 0 Å². The number of rotatable bonds is 8. The molecule has 7 nitrogen and oxygen atoms in total. The predicted octanol–water partition coefficient (Wildman–Crippen LogP) is 6.10. The van der Waals surface area contributed by atoms with Gasteiger partial charge in [-0.3, -0.25) is 9.36 Å². The van der Waals surface area contributed by atoms with E-state index < -0.39 is 0 Å². The lowest BCUT2D eigenvalue weighted by Crippen LogP contribution is -2.14. The number of amides is 1. The molecule has 0 radical (unpaired) electrons. The molecule has 0 saturated carbocycles. The lowest BCUT2D eigenvalue weighted by Gasteiger charge is -2.09. The fourth-order valence-corrected chi connectivity index (χ4v) is 5.03. The molecule has 0 fully saturated rings. The molecule has 0 saturated heterocycles. The Morgan fingerprint density at radius 3 is 2.66 bits per heavy atom. The molecule has 2 aromatic carbocycles. The molecule has 0 spiro atoms. The number of furan rings is 1. The van der Waals surface area contributed by atoms with Gasteiger partial charge in [-0.15, -0.1) is 21.5 Å². The molecule has 1 amide bonds. The number of nitrogens with zero attached hydrogens (tertiary/aromatic N) is 4. The normalized spacial score (nSPS) is 11.0. The van der Waals surface area contributed by atoms with Gasteiger partial charge in [0, 0.05) is 22.5 Å². The third-order valence-electron chi connectivity index (χ3n) is 4.88. The minimum Gasteiger partial charge on any atom is -0.461 e. The lowest BCUT2D eigenvalue weighted by atomic mass is 10.1. The van der Waals surface area contributed by atoms with Crippen molar-refractivity contribution in [2.75, 3.05) is 11.1 Å². The topological polar surface area (TPSA) is 85.8 Å². The Balaban J connectivity index is 1.27. The van der Waals surface area contributed by atoms with Crippen LogP contribution in [0.25, 0.3) is 17.3 Å². The van der Waals surface area contributed by atoms with Gasteiger partial charge in [-0.2, -0.15) is 0 Å². The first-order valence-electron chi connectivity index (χ1n) is 10.4. The summed E-state index contributed by atoms with van der Waals surface area (Å²) in [6.07, 6.45) is 3.99. The molecule has 11 heteroatoms. The Bertz CT molecular complexity index is 1430. The van der Waals surface area contributed by atoms with Crippen molar-refractivity contribution in [3.05, 3.63) is 94.4 Å². The van der Waals surface area contributed by atoms with Gasteiger partial charge in [-0.25, -0.2) is 9.37 Å². The molecule has 5 aromatic rings. The van der Waals surface area contributed by atoms with E-state index in [0.29, 0.717) is 39.0 Å². The van der Waals surface area contributed by atoms with Gasteiger partial charge in [-0.05, 0) is 54.1 Å². The maximum atomic E-state index is 13.5. The zero-order valence-electron chi connectivity index (χ0n) is 18.0. The van der Waals surface area contributed by atoms with Gasteiger partial charge in [0.25, 0.3) is 0 Å². The zero-order valence-corrected chi connectivity index (χ0v) is 20.4. The summed E-state index contributed by atoms with van der Waals surface area (Å²) in [6, 6.07) is 17.1. The number of carbonyl (C=O) groups excluding carboxylic acids is 1. The molecule has 176 valence electrons. The maximum Gasteiger partial charge on any atom is 0.236 e. The van der Waals surface area contributed by atoms with E-state index in [1.807, 2.05) is 24.3 Å². The van der Waals surface area contributed by atoms with Crippen LogP contribution in [0.3, 0.4) is 0 Å². The summed E-state index contributed by atoms with van der Waals surface area (Å²) in [5.41, 5.74) is 1.76. The SMILES string of the molecule is O=C(CSc1nnc(-c2ccco2)n1-c1ccc(F)cc1)Nc1ncc(Cc2ccc(Cl)cc2)s1. The van der Waals surface area contributed by atoms with E-state index in [4.69, 9.17) is 16.0 Å². The van der Waals surface area contributed by atoms with Crippen LogP contribution >= 0.6 is 34.7 Å². The third kappa shape index (κ3) is 5.61. The molecule has 0 aliphatic rings. The lowest BCUT2D eigenvalue weighted by molar-refractivity contribution is -0.113. The first-order valence-corrected chi connectivity index (χ1v) is 12.6. The Kier molecular flexibility index (Phi) is 6.94. The summed E-state index contributed by atoms with van der Waals surface area (Å²) in [6.45, 7) is 0. The first-order chi connectivity index (χ1) is 17.0. The summed E-state index contributed by atoms with van der Waals surface area (Å²) in [5.74, 6) is 0.471. The van der Waals surface area contributed by atoms with Crippen LogP contribution in [0, 0.1) is 5.82 Å². The van der Waals surface area contributed by atoms with E-state index in [1.165, 1.54) is 41.5 Å². The molecule has 0 aliphatic heterocycles. The molecule has 3 heterocycles. The fraction of sp³-hybridized carbons (Fsp3) is 0.0833. The number of halogens is 2. The molecule has 0 atom stereocenters. The van der Waals surface area contributed by atoms with E-state index in [9.17, 15) is 9.18 Å². The number of nitrogens with one attached hydrogen (secondary N) is 1. The number of anilines is 1. The minimum absolute atomic E-state index is 0.0869. The van der Waals surface area contributed by atoms with Crippen molar-refractivity contribution in [3.8, 4) is 17.3 Å². The molecule has 0 unspecified atom stereocenters. The van der Waals surface area contributed by atoms with Crippen molar-refractivity contribution in [1.82, 2.24) is 19.7 Å². The van der Waals surface area contributed by atoms with Gasteiger partial charge >= 0.3 is 0 Å². The highest BCUT2D eigenvalue weighted by Crippen LogP contribution is 2.29. The van der Waals surface area contributed by atoms with E-state index in [2.05, 4.69) is 20.5 Å². The van der Waals surface area contributed by atoms with Crippen LogP contribution in [-0.2, 0) is 11.2 Å². The standard InChI is InChI=1S/C24H17ClFN5O2S2/c25-16-5-3-15(4-6-16)12-19-13-27-23(35-19)28-21(32)14-34-24-30-29-22(20-2-1-11-33-20)31(24)18-9-7-17(26)8-10-18/h1-11,13H,12,14H2,(H,27,28,32). The van der Waals surface area contributed by atoms with E-state index in [1.54, 1.807) is 35.0 Å². The third-order valence-corrected chi connectivity index (χ3v) is 6.98. The van der Waals surface area contributed by atoms with Crippen LogP contribution < -0.4 is 5.32 Å². The number of thioether (sulfide) groups is 1. The number of carbonyl (C=O) groups is 1. The van der Waals surface area contributed by atoms with Gasteiger partial charge in [0.05, 0.1) is 17.7 Å². The summed E-state index contributed by atoms with van der Waals surface area (Å²) >= 11 is 8.57. The Hall–Kier alpha value is -3.47. The average molecular weight is 526 g/mol. The Morgan fingerprint density at radius 2 is 1.91 bits per heavy atom. The second-order valence-corrected chi connectivity index (χ2v) is 9.86. The molecule has 0 aliphatic carbocycles. The molecule has 35 heavy (non-hydrogen) atoms. The molecule has 3 aromatic heterocycles. The van der Waals surface area contributed by atoms with Crippen molar-refractivity contribution in [2.45, 2.75) is 11.6 Å². The Labute approximate surface area is 213 Å². The Morgan fingerprint density at radius 1 is 1.11 bits per heavy atom. The van der Waals surface area contributed by atoms with Gasteiger partial charge < -0.3 is 9.73 Å². The highest BCUT2D eigenvalue weighted by molar-refractivity contribution is 7.99. The van der Waals surface area contributed by atoms with Crippen LogP contribution in [0.2, 0.25) is 5.02 Å². The highest BCUT2D eigenvalue weighted by Gasteiger charge is 2.19. The monoisotopic (exact) mass is 525 g/mol. The van der Waals surface area contributed by atoms with Crippen molar-refractivity contribution in [2.24, 2.45) is 0 Å². The predicted molar refractivity (Wildman–Crippen MR) is 135 cm³/mol. The smallest absolute Gasteiger partial charge is 0.236 e. The van der Waals surface area contributed by atoms with Crippen LogP contribution in [-0.4, -0.2) is 31.4 Å². The van der Waals surface area contributed by atoms with Gasteiger partial charge in [0.2, 0.25) is 11.7 Å². The number of thiazole rings is 1. The van der Waals surface area contributed by atoms with Crippen molar-refractivity contribution >= 4 is 45.7 Å². The summed E-state index contributed by atoms with van der Waals surface area (Å²) in [4.78, 5) is 17.9. The van der Waals surface area contributed by atoms with Crippen molar-refractivity contribution in [3.63, 3.8) is 0 Å². The fourth-order valence-electron chi connectivity index (χ4n) is 3.29. The van der Waals surface area contributed by atoms with E-state index >= 15 is 0 Å². The second kappa shape index (κ2) is 10.4. The van der Waals surface area contributed by atoms with Gasteiger partial charge in [-0.1, -0.05) is 35.5 Å².